The highest BCUT2D eigenvalue weighted by molar-refractivity contribution is 8.14. The molecule has 1 aromatic carbocycles. The number of benzene rings is 1. The number of thioether (sulfide) groups is 1. The summed E-state index contributed by atoms with van der Waals surface area (Å²) in [5, 5.41) is 1.50. The van der Waals surface area contributed by atoms with Crippen LogP contribution in [0.4, 0.5) is 4.39 Å². The van der Waals surface area contributed by atoms with Crippen LogP contribution >= 0.6 is 23.4 Å². The molecular weight excluding hydrogens is 351 g/mol. The van der Waals surface area contributed by atoms with Crippen LogP contribution in [-0.4, -0.2) is 22.9 Å². The van der Waals surface area contributed by atoms with Crippen molar-refractivity contribution in [1.82, 2.24) is 4.98 Å². The fourth-order valence-electron chi connectivity index (χ4n) is 1.68. The number of allylic oxidation sites excluding steroid dienone is 1. The van der Waals surface area contributed by atoms with E-state index in [1.807, 2.05) is 0 Å². The Bertz CT molecular complexity index is 793. The highest BCUT2D eigenvalue weighted by Gasteiger charge is 2.16. The summed E-state index contributed by atoms with van der Waals surface area (Å²) in [5.41, 5.74) is 0.724. The number of carbonyl (C=O) groups is 1. The second-order valence-corrected chi connectivity index (χ2v) is 6.18. The number of halogens is 2. The standard InChI is InChI=1S/C17H14ClFN2O2S/c1-3-15(20-9-8-11(2)18)24-17-14(10-22)21-16(23-17)12-4-6-13(19)7-5-12/h3-8,10H,1,9H2,2H3/b11-8+,20-15?. The third-order valence-electron chi connectivity index (χ3n) is 2.81. The van der Waals surface area contributed by atoms with E-state index < -0.39 is 0 Å². The molecule has 0 saturated carbocycles. The first-order valence-corrected chi connectivity index (χ1v) is 8.12. The number of aliphatic imine (C=N–C) groups is 1. The second kappa shape index (κ2) is 8.61. The molecule has 124 valence electrons. The van der Waals surface area contributed by atoms with Gasteiger partial charge in [-0.15, -0.1) is 0 Å². The molecule has 0 atom stereocenters. The minimum atomic E-state index is -0.362. The van der Waals surface area contributed by atoms with Gasteiger partial charge in [0.1, 0.15) is 5.82 Å². The number of hydrogen-bond acceptors (Lipinski definition) is 5. The van der Waals surface area contributed by atoms with Crippen molar-refractivity contribution < 1.29 is 13.6 Å². The molecule has 0 amide bonds. The molecule has 1 heterocycles. The van der Waals surface area contributed by atoms with Crippen molar-refractivity contribution in [2.75, 3.05) is 6.54 Å². The lowest BCUT2D eigenvalue weighted by Crippen LogP contribution is -1.90. The molecule has 2 rings (SSSR count). The van der Waals surface area contributed by atoms with Crippen LogP contribution in [0.25, 0.3) is 11.5 Å². The molecule has 24 heavy (non-hydrogen) atoms. The quantitative estimate of drug-likeness (QED) is 0.309. The predicted molar refractivity (Wildman–Crippen MR) is 95.3 cm³/mol. The number of hydrogen-bond donors (Lipinski definition) is 0. The van der Waals surface area contributed by atoms with E-state index in [4.69, 9.17) is 16.0 Å². The molecule has 0 spiro atoms. The van der Waals surface area contributed by atoms with E-state index >= 15 is 0 Å². The Morgan fingerprint density at radius 2 is 2.17 bits per heavy atom. The minimum absolute atomic E-state index is 0.151. The van der Waals surface area contributed by atoms with E-state index in [0.29, 0.717) is 33.6 Å². The van der Waals surface area contributed by atoms with Gasteiger partial charge in [0.25, 0.3) is 0 Å². The van der Waals surface area contributed by atoms with Crippen LogP contribution in [0.5, 0.6) is 0 Å². The van der Waals surface area contributed by atoms with Crippen LogP contribution in [0.2, 0.25) is 0 Å². The minimum Gasteiger partial charge on any atom is -0.429 e. The molecule has 1 aromatic heterocycles. The van der Waals surface area contributed by atoms with Crippen molar-refractivity contribution in [2.45, 2.75) is 12.0 Å². The lowest BCUT2D eigenvalue weighted by atomic mass is 10.2. The molecule has 0 radical (unpaired) electrons. The molecule has 0 unspecified atom stereocenters. The zero-order valence-corrected chi connectivity index (χ0v) is 14.4. The summed E-state index contributed by atoms with van der Waals surface area (Å²) in [5.74, 6) is -0.126. The Morgan fingerprint density at radius 1 is 1.46 bits per heavy atom. The average molecular weight is 365 g/mol. The first-order chi connectivity index (χ1) is 11.5. The third-order valence-corrected chi connectivity index (χ3v) is 3.95. The van der Waals surface area contributed by atoms with Crippen LogP contribution in [0.15, 0.2) is 62.5 Å². The molecule has 0 bridgehead atoms. The normalized spacial score (nSPS) is 12.3. The largest absolute Gasteiger partial charge is 0.429 e. The van der Waals surface area contributed by atoms with Crippen LogP contribution in [0, 0.1) is 5.82 Å². The van der Waals surface area contributed by atoms with Gasteiger partial charge in [0, 0.05) is 10.6 Å². The molecule has 0 fully saturated rings. The summed E-state index contributed by atoms with van der Waals surface area (Å²) in [6.45, 7) is 5.83. The Kier molecular flexibility index (Phi) is 6.52. The monoisotopic (exact) mass is 364 g/mol. The second-order valence-electron chi connectivity index (χ2n) is 4.59. The molecule has 0 saturated heterocycles. The van der Waals surface area contributed by atoms with Gasteiger partial charge in [-0.05, 0) is 55.1 Å². The van der Waals surface area contributed by atoms with Crippen LogP contribution in [-0.2, 0) is 0 Å². The lowest BCUT2D eigenvalue weighted by Gasteiger charge is -1.98. The topological polar surface area (TPSA) is 55.5 Å². The van der Waals surface area contributed by atoms with Crippen LogP contribution in [0.3, 0.4) is 0 Å². The van der Waals surface area contributed by atoms with Crippen molar-refractivity contribution in [2.24, 2.45) is 4.99 Å². The number of rotatable bonds is 6. The first kappa shape index (κ1) is 18.2. The van der Waals surface area contributed by atoms with E-state index in [1.54, 1.807) is 19.1 Å². The number of nitrogens with zero attached hydrogens (tertiary/aromatic N) is 2. The van der Waals surface area contributed by atoms with Crippen molar-refractivity contribution in [3.05, 3.63) is 59.5 Å². The summed E-state index contributed by atoms with van der Waals surface area (Å²) < 4.78 is 18.6. The Balaban J connectivity index is 2.26. The Morgan fingerprint density at radius 3 is 2.75 bits per heavy atom. The lowest BCUT2D eigenvalue weighted by molar-refractivity contribution is 0.111. The van der Waals surface area contributed by atoms with E-state index in [2.05, 4.69) is 16.6 Å². The molecule has 2 aromatic rings. The maximum absolute atomic E-state index is 13.0. The Labute approximate surface area is 148 Å². The van der Waals surface area contributed by atoms with Crippen molar-refractivity contribution in [3.8, 4) is 11.5 Å². The van der Waals surface area contributed by atoms with Gasteiger partial charge in [-0.1, -0.05) is 18.2 Å². The smallest absolute Gasteiger partial charge is 0.228 e. The number of aromatic nitrogens is 1. The van der Waals surface area contributed by atoms with Crippen LogP contribution in [0.1, 0.15) is 17.4 Å². The molecule has 0 aliphatic carbocycles. The molecule has 0 N–H and O–H groups in total. The highest BCUT2D eigenvalue weighted by Crippen LogP contribution is 2.29. The summed E-state index contributed by atoms with van der Waals surface area (Å²) in [7, 11) is 0. The number of oxazole rings is 1. The Hall–Kier alpha value is -2.18. The summed E-state index contributed by atoms with van der Waals surface area (Å²) in [6, 6.07) is 5.65. The maximum atomic E-state index is 13.0. The van der Waals surface area contributed by atoms with Gasteiger partial charge in [-0.25, -0.2) is 9.37 Å². The maximum Gasteiger partial charge on any atom is 0.228 e. The van der Waals surface area contributed by atoms with Crippen molar-refractivity contribution >= 4 is 34.7 Å². The number of aldehydes is 1. The predicted octanol–water partition coefficient (Wildman–Crippen LogP) is 5.11. The van der Waals surface area contributed by atoms with Gasteiger partial charge in [0.15, 0.2) is 17.1 Å². The summed E-state index contributed by atoms with van der Waals surface area (Å²) in [4.78, 5) is 19.6. The summed E-state index contributed by atoms with van der Waals surface area (Å²) >= 11 is 6.89. The van der Waals surface area contributed by atoms with Crippen molar-refractivity contribution in [3.63, 3.8) is 0 Å². The fraction of sp³-hybridized carbons (Fsp3) is 0.118. The number of carbonyl (C=O) groups excluding carboxylic acids is 1. The van der Waals surface area contributed by atoms with Gasteiger partial charge in [-0.3, -0.25) is 9.79 Å². The molecule has 0 aliphatic heterocycles. The third kappa shape index (κ3) is 4.91. The van der Waals surface area contributed by atoms with E-state index in [9.17, 15) is 9.18 Å². The van der Waals surface area contributed by atoms with E-state index in [1.165, 1.54) is 24.3 Å². The molecule has 7 heteroatoms. The van der Waals surface area contributed by atoms with Gasteiger partial charge in [0.05, 0.1) is 11.6 Å². The zero-order chi connectivity index (χ0) is 17.5. The SMILES string of the molecule is C=CC(=NC/C=C(\C)Cl)Sc1oc(-c2ccc(F)cc2)nc1C=O. The van der Waals surface area contributed by atoms with Gasteiger partial charge in [-0.2, -0.15) is 0 Å². The zero-order valence-electron chi connectivity index (χ0n) is 12.8. The van der Waals surface area contributed by atoms with E-state index in [-0.39, 0.29) is 17.4 Å². The van der Waals surface area contributed by atoms with Gasteiger partial charge < -0.3 is 4.42 Å². The molecular formula is C17H14ClFN2O2S. The van der Waals surface area contributed by atoms with Crippen LogP contribution < -0.4 is 0 Å². The molecule has 4 nitrogen and oxygen atoms in total. The van der Waals surface area contributed by atoms with Gasteiger partial charge in [0.2, 0.25) is 5.89 Å². The van der Waals surface area contributed by atoms with E-state index in [0.717, 1.165) is 11.8 Å². The first-order valence-electron chi connectivity index (χ1n) is 6.92. The van der Waals surface area contributed by atoms with Gasteiger partial charge >= 0.3 is 0 Å². The molecule has 0 aliphatic rings. The van der Waals surface area contributed by atoms with Crippen molar-refractivity contribution in [1.29, 1.82) is 0 Å². The average Bonchev–Trinajstić information content (AvgIpc) is 2.97. The summed E-state index contributed by atoms with van der Waals surface area (Å²) in [6.07, 6.45) is 3.90. The highest BCUT2D eigenvalue weighted by atomic mass is 35.5. The fourth-order valence-corrected chi connectivity index (χ4v) is 2.48.